The molecule has 0 radical (unpaired) electrons. The molecular formula is C54H36N2S. The Bertz CT molecular complexity index is 3190. The first kappa shape index (κ1) is 33.2. The van der Waals surface area contributed by atoms with Crippen molar-refractivity contribution in [1.82, 2.24) is 4.57 Å². The Kier molecular flexibility index (Phi) is 8.04. The highest BCUT2D eigenvalue weighted by Crippen LogP contribution is 2.42. The Labute approximate surface area is 335 Å². The van der Waals surface area contributed by atoms with Crippen LogP contribution in [0.15, 0.2) is 218 Å². The molecule has 11 aromatic rings. The Morgan fingerprint density at radius 3 is 1.65 bits per heavy atom. The molecule has 0 fully saturated rings. The molecule has 9 aromatic carbocycles. The summed E-state index contributed by atoms with van der Waals surface area (Å²) in [4.78, 5) is 2.39. The van der Waals surface area contributed by atoms with Gasteiger partial charge in [-0.1, -0.05) is 152 Å². The summed E-state index contributed by atoms with van der Waals surface area (Å²) in [6, 6.07) is 79.4. The third-order valence-electron chi connectivity index (χ3n) is 11.2. The van der Waals surface area contributed by atoms with Crippen molar-refractivity contribution in [3.05, 3.63) is 218 Å². The minimum Gasteiger partial charge on any atom is -0.310 e. The van der Waals surface area contributed by atoms with Crippen LogP contribution in [0.25, 0.3) is 81.0 Å². The normalized spacial score (nSPS) is 11.5. The molecule has 0 saturated carbocycles. The number of fused-ring (bicyclic) bond motifs is 6. The van der Waals surface area contributed by atoms with Gasteiger partial charge in [-0.2, -0.15) is 0 Å². The first-order valence-corrected chi connectivity index (χ1v) is 20.2. The first-order chi connectivity index (χ1) is 28.3. The summed E-state index contributed by atoms with van der Waals surface area (Å²) in [6.07, 6.45) is 0. The van der Waals surface area contributed by atoms with Crippen LogP contribution >= 0.6 is 11.3 Å². The lowest BCUT2D eigenvalue weighted by Gasteiger charge is -2.26. The van der Waals surface area contributed by atoms with Gasteiger partial charge < -0.3 is 9.47 Å². The average Bonchev–Trinajstić information content (AvgIpc) is 3.83. The monoisotopic (exact) mass is 744 g/mol. The van der Waals surface area contributed by atoms with Gasteiger partial charge in [0.05, 0.1) is 16.7 Å². The summed E-state index contributed by atoms with van der Waals surface area (Å²) in [7, 11) is 0. The highest BCUT2D eigenvalue weighted by atomic mass is 32.1. The van der Waals surface area contributed by atoms with Crippen molar-refractivity contribution in [3.8, 4) is 39.1 Å². The van der Waals surface area contributed by atoms with E-state index in [9.17, 15) is 0 Å². The van der Waals surface area contributed by atoms with E-state index in [0.717, 1.165) is 17.1 Å². The second-order valence-corrected chi connectivity index (χ2v) is 15.6. The molecule has 0 aliphatic carbocycles. The lowest BCUT2D eigenvalue weighted by atomic mass is 9.97. The fourth-order valence-electron chi connectivity index (χ4n) is 8.52. The molecule has 11 rings (SSSR count). The van der Waals surface area contributed by atoms with Crippen molar-refractivity contribution in [3.63, 3.8) is 0 Å². The second kappa shape index (κ2) is 13.8. The molecule has 0 saturated heterocycles. The van der Waals surface area contributed by atoms with E-state index in [1.807, 2.05) is 11.3 Å². The lowest BCUT2D eigenvalue weighted by Crippen LogP contribution is -2.09. The third-order valence-corrected chi connectivity index (χ3v) is 12.3. The van der Waals surface area contributed by atoms with Gasteiger partial charge in [0.2, 0.25) is 0 Å². The van der Waals surface area contributed by atoms with Crippen LogP contribution in [0.5, 0.6) is 0 Å². The quantitative estimate of drug-likeness (QED) is 0.158. The molecule has 2 heterocycles. The van der Waals surface area contributed by atoms with Gasteiger partial charge in [-0.25, -0.2) is 0 Å². The van der Waals surface area contributed by atoms with E-state index in [1.54, 1.807) is 0 Å². The van der Waals surface area contributed by atoms with Crippen LogP contribution in [0.4, 0.5) is 17.1 Å². The molecule has 2 nitrogen and oxygen atoms in total. The predicted molar refractivity (Wildman–Crippen MR) is 245 cm³/mol. The van der Waals surface area contributed by atoms with Gasteiger partial charge in [-0.3, -0.25) is 0 Å². The van der Waals surface area contributed by atoms with E-state index < -0.39 is 0 Å². The van der Waals surface area contributed by atoms with Crippen LogP contribution in [0.1, 0.15) is 0 Å². The molecular weight excluding hydrogens is 709 g/mol. The van der Waals surface area contributed by atoms with Crippen LogP contribution in [0.2, 0.25) is 0 Å². The summed E-state index contributed by atoms with van der Waals surface area (Å²) in [5.74, 6) is 0. The number of hydrogen-bond acceptors (Lipinski definition) is 2. The maximum absolute atomic E-state index is 2.42. The minimum atomic E-state index is 1.11. The molecule has 0 amide bonds. The van der Waals surface area contributed by atoms with Crippen LogP contribution in [-0.4, -0.2) is 4.57 Å². The van der Waals surface area contributed by atoms with E-state index >= 15 is 0 Å². The van der Waals surface area contributed by atoms with Crippen molar-refractivity contribution < 1.29 is 0 Å². The molecule has 0 spiro atoms. The molecule has 0 unspecified atom stereocenters. The predicted octanol–water partition coefficient (Wildman–Crippen LogP) is 15.6. The summed E-state index contributed by atoms with van der Waals surface area (Å²) in [5.41, 5.74) is 14.1. The highest BCUT2D eigenvalue weighted by molar-refractivity contribution is 7.25. The van der Waals surface area contributed by atoms with Crippen molar-refractivity contribution in [2.45, 2.75) is 0 Å². The van der Waals surface area contributed by atoms with E-state index in [0.29, 0.717) is 0 Å². The Balaban J connectivity index is 0.998. The van der Waals surface area contributed by atoms with Gasteiger partial charge in [0.1, 0.15) is 0 Å². The van der Waals surface area contributed by atoms with E-state index in [2.05, 4.69) is 228 Å². The molecule has 3 heteroatoms. The standard InChI is InChI=1S/C54H36N2S/c1-2-14-37(15-3-1)40-17-13-19-43(35-40)55(44-32-33-49-48-23-7-11-27-53(48)57-54(49)36-44)42-30-28-38(29-31-42)39-16-12-18-41(34-39)45-20-4-8-24-50(45)56-51-25-9-5-21-46(51)47-22-6-10-26-52(47)56/h1-36H. The van der Waals surface area contributed by atoms with E-state index in [-0.39, 0.29) is 0 Å². The van der Waals surface area contributed by atoms with Crippen LogP contribution < -0.4 is 4.90 Å². The third kappa shape index (κ3) is 5.80. The number of aromatic nitrogens is 1. The fraction of sp³-hybridized carbons (Fsp3) is 0. The summed E-state index contributed by atoms with van der Waals surface area (Å²) >= 11 is 1.86. The van der Waals surface area contributed by atoms with Gasteiger partial charge in [0.15, 0.2) is 0 Å². The molecule has 0 bridgehead atoms. The van der Waals surface area contributed by atoms with Gasteiger partial charge in [0.25, 0.3) is 0 Å². The number of benzene rings is 9. The van der Waals surface area contributed by atoms with Crippen LogP contribution in [-0.2, 0) is 0 Å². The van der Waals surface area contributed by atoms with Crippen molar-refractivity contribution in [2.75, 3.05) is 4.90 Å². The molecule has 268 valence electrons. The Hall–Kier alpha value is -7.20. The average molecular weight is 745 g/mol. The lowest BCUT2D eigenvalue weighted by molar-refractivity contribution is 1.18. The number of para-hydroxylation sites is 3. The van der Waals surface area contributed by atoms with Gasteiger partial charge in [-0.15, -0.1) is 11.3 Å². The number of nitrogens with zero attached hydrogens (tertiary/aromatic N) is 2. The zero-order valence-corrected chi connectivity index (χ0v) is 31.9. The van der Waals surface area contributed by atoms with Gasteiger partial charge in [-0.05, 0) is 94.5 Å². The molecule has 0 N–H and O–H groups in total. The first-order valence-electron chi connectivity index (χ1n) is 19.4. The zero-order valence-electron chi connectivity index (χ0n) is 31.1. The van der Waals surface area contributed by atoms with Gasteiger partial charge in [0, 0.05) is 53.6 Å². The second-order valence-electron chi connectivity index (χ2n) is 14.5. The molecule has 0 aliphatic rings. The van der Waals surface area contributed by atoms with Crippen LogP contribution in [0.3, 0.4) is 0 Å². The maximum atomic E-state index is 2.42. The fourth-order valence-corrected chi connectivity index (χ4v) is 9.66. The van der Waals surface area contributed by atoms with Crippen molar-refractivity contribution in [2.24, 2.45) is 0 Å². The Morgan fingerprint density at radius 1 is 0.316 bits per heavy atom. The minimum absolute atomic E-state index is 1.11. The number of anilines is 3. The van der Waals surface area contributed by atoms with Crippen LogP contribution in [0, 0.1) is 0 Å². The molecule has 0 aliphatic heterocycles. The largest absolute Gasteiger partial charge is 0.310 e. The summed E-state index contributed by atoms with van der Waals surface area (Å²) in [6.45, 7) is 0. The van der Waals surface area contributed by atoms with E-state index in [4.69, 9.17) is 0 Å². The van der Waals surface area contributed by atoms with Crippen molar-refractivity contribution in [1.29, 1.82) is 0 Å². The topological polar surface area (TPSA) is 8.17 Å². The summed E-state index contributed by atoms with van der Waals surface area (Å²) < 4.78 is 5.01. The van der Waals surface area contributed by atoms with Gasteiger partial charge >= 0.3 is 0 Å². The molecule has 2 aromatic heterocycles. The van der Waals surface area contributed by atoms with E-state index in [1.165, 1.54) is 81.0 Å². The SMILES string of the molecule is c1ccc(-c2cccc(N(c3ccc(-c4cccc(-c5ccccc5-n5c6ccccc6c6ccccc65)c4)cc3)c3ccc4c(c3)sc3ccccc34)c2)cc1. The smallest absolute Gasteiger partial charge is 0.0541 e. The molecule has 0 atom stereocenters. The zero-order chi connectivity index (χ0) is 37.7. The number of rotatable bonds is 7. The highest BCUT2D eigenvalue weighted by Gasteiger charge is 2.18. The maximum Gasteiger partial charge on any atom is 0.0541 e. The Morgan fingerprint density at radius 2 is 0.860 bits per heavy atom. The van der Waals surface area contributed by atoms with Crippen molar-refractivity contribution >= 4 is 70.4 Å². The number of thiophene rings is 1. The number of hydrogen-bond donors (Lipinski definition) is 0. The summed E-state index contributed by atoms with van der Waals surface area (Å²) in [5, 5.41) is 5.14. The molecule has 57 heavy (non-hydrogen) atoms.